The summed E-state index contributed by atoms with van der Waals surface area (Å²) in [6, 6.07) is 0. The average molecular weight is 228 g/mol. The van der Waals surface area contributed by atoms with Gasteiger partial charge in [-0.15, -0.1) is 0 Å². The normalized spacial score (nSPS) is 21.1. The van der Waals surface area contributed by atoms with Gasteiger partial charge in [0, 0.05) is 25.3 Å². The van der Waals surface area contributed by atoms with Gasteiger partial charge in [0.15, 0.2) is 0 Å². The first kappa shape index (κ1) is 13.5. The molecule has 4 heteroatoms. The molecule has 1 amide bonds. The number of carbonyl (C=O) groups is 1. The fourth-order valence-corrected chi connectivity index (χ4v) is 1.63. The molecular weight excluding hydrogens is 204 g/mol. The van der Waals surface area contributed by atoms with Crippen LogP contribution in [0, 0.1) is 5.92 Å². The highest BCUT2D eigenvalue weighted by molar-refractivity contribution is 5.78. The molecule has 1 rings (SSSR count). The zero-order valence-electron chi connectivity index (χ0n) is 10.6. The molecule has 1 fully saturated rings. The SMILES string of the molecule is CC(C)(C)NCC(=O)NCCC1CCOC1. The van der Waals surface area contributed by atoms with Crippen molar-refractivity contribution < 1.29 is 9.53 Å². The molecule has 0 saturated carbocycles. The number of nitrogens with one attached hydrogen (secondary N) is 2. The van der Waals surface area contributed by atoms with E-state index in [4.69, 9.17) is 4.74 Å². The zero-order valence-corrected chi connectivity index (χ0v) is 10.6. The van der Waals surface area contributed by atoms with Crippen molar-refractivity contribution in [3.8, 4) is 0 Å². The van der Waals surface area contributed by atoms with Crippen LogP contribution in [0.25, 0.3) is 0 Å². The zero-order chi connectivity index (χ0) is 12.0. The molecule has 1 aliphatic heterocycles. The lowest BCUT2D eigenvalue weighted by Gasteiger charge is -2.20. The first-order chi connectivity index (χ1) is 7.47. The molecule has 16 heavy (non-hydrogen) atoms. The van der Waals surface area contributed by atoms with Crippen molar-refractivity contribution in [3.05, 3.63) is 0 Å². The molecule has 1 saturated heterocycles. The van der Waals surface area contributed by atoms with E-state index >= 15 is 0 Å². The molecule has 1 unspecified atom stereocenters. The summed E-state index contributed by atoms with van der Waals surface area (Å²) >= 11 is 0. The summed E-state index contributed by atoms with van der Waals surface area (Å²) in [4.78, 5) is 11.5. The van der Waals surface area contributed by atoms with Crippen LogP contribution in [0.1, 0.15) is 33.6 Å². The van der Waals surface area contributed by atoms with Gasteiger partial charge >= 0.3 is 0 Å². The van der Waals surface area contributed by atoms with Gasteiger partial charge in [-0.1, -0.05) is 0 Å². The summed E-state index contributed by atoms with van der Waals surface area (Å²) in [6.07, 6.45) is 2.16. The van der Waals surface area contributed by atoms with Crippen LogP contribution in [0.4, 0.5) is 0 Å². The fourth-order valence-electron chi connectivity index (χ4n) is 1.63. The van der Waals surface area contributed by atoms with Crippen LogP contribution < -0.4 is 10.6 Å². The number of amides is 1. The molecule has 0 aliphatic carbocycles. The molecule has 94 valence electrons. The lowest BCUT2D eigenvalue weighted by molar-refractivity contribution is -0.120. The lowest BCUT2D eigenvalue weighted by Crippen LogP contribution is -2.43. The molecule has 0 aromatic carbocycles. The van der Waals surface area contributed by atoms with Crippen LogP contribution in [0.15, 0.2) is 0 Å². The molecule has 0 bridgehead atoms. The van der Waals surface area contributed by atoms with Crippen molar-refractivity contribution in [1.82, 2.24) is 10.6 Å². The minimum absolute atomic E-state index is 0.00334. The number of rotatable bonds is 5. The molecule has 0 aromatic heterocycles. The minimum Gasteiger partial charge on any atom is -0.381 e. The Morgan fingerprint density at radius 3 is 2.75 bits per heavy atom. The third-order valence-corrected chi connectivity index (χ3v) is 2.68. The first-order valence-corrected chi connectivity index (χ1v) is 6.07. The maximum atomic E-state index is 11.5. The van der Waals surface area contributed by atoms with Gasteiger partial charge in [-0.3, -0.25) is 4.79 Å². The van der Waals surface area contributed by atoms with E-state index in [0.29, 0.717) is 12.5 Å². The molecule has 0 aromatic rings. The van der Waals surface area contributed by atoms with Crippen molar-refractivity contribution in [2.75, 3.05) is 26.3 Å². The second-order valence-corrected chi connectivity index (χ2v) is 5.47. The van der Waals surface area contributed by atoms with E-state index in [9.17, 15) is 4.79 Å². The fraction of sp³-hybridized carbons (Fsp3) is 0.917. The van der Waals surface area contributed by atoms with Crippen molar-refractivity contribution in [1.29, 1.82) is 0 Å². The molecule has 1 heterocycles. The Balaban J connectivity index is 2.01. The highest BCUT2D eigenvalue weighted by Crippen LogP contribution is 2.14. The maximum Gasteiger partial charge on any atom is 0.233 e. The van der Waals surface area contributed by atoms with E-state index in [1.54, 1.807) is 0 Å². The largest absolute Gasteiger partial charge is 0.381 e. The Hall–Kier alpha value is -0.610. The van der Waals surface area contributed by atoms with Crippen LogP contribution in [0.5, 0.6) is 0 Å². The molecule has 4 nitrogen and oxygen atoms in total. The van der Waals surface area contributed by atoms with Gasteiger partial charge in [-0.25, -0.2) is 0 Å². The Morgan fingerprint density at radius 1 is 1.44 bits per heavy atom. The van der Waals surface area contributed by atoms with Crippen LogP contribution in [0.3, 0.4) is 0 Å². The van der Waals surface area contributed by atoms with E-state index in [-0.39, 0.29) is 11.4 Å². The van der Waals surface area contributed by atoms with E-state index in [1.807, 2.05) is 0 Å². The monoisotopic (exact) mass is 228 g/mol. The third-order valence-electron chi connectivity index (χ3n) is 2.68. The summed E-state index contributed by atoms with van der Waals surface area (Å²) in [5.41, 5.74) is -0.00334. The Labute approximate surface area is 98.1 Å². The van der Waals surface area contributed by atoms with Gasteiger partial charge in [-0.2, -0.15) is 0 Å². The molecule has 0 spiro atoms. The summed E-state index contributed by atoms with van der Waals surface area (Å²) in [7, 11) is 0. The third kappa shape index (κ3) is 6.08. The number of carbonyl (C=O) groups excluding carboxylic acids is 1. The lowest BCUT2D eigenvalue weighted by atomic mass is 10.1. The van der Waals surface area contributed by atoms with Gasteiger partial charge in [0.2, 0.25) is 5.91 Å². The van der Waals surface area contributed by atoms with E-state index < -0.39 is 0 Å². The predicted octanol–water partition coefficient (Wildman–Crippen LogP) is 0.917. The smallest absolute Gasteiger partial charge is 0.233 e. The van der Waals surface area contributed by atoms with Crippen LogP contribution in [-0.4, -0.2) is 37.7 Å². The molecule has 1 atom stereocenters. The van der Waals surface area contributed by atoms with Gasteiger partial charge < -0.3 is 15.4 Å². The number of hydrogen-bond donors (Lipinski definition) is 2. The average Bonchev–Trinajstić information content (AvgIpc) is 2.66. The minimum atomic E-state index is -0.00334. The van der Waals surface area contributed by atoms with Gasteiger partial charge in [0.25, 0.3) is 0 Å². The van der Waals surface area contributed by atoms with Gasteiger partial charge in [-0.05, 0) is 39.5 Å². The van der Waals surface area contributed by atoms with E-state index in [1.165, 1.54) is 0 Å². The van der Waals surface area contributed by atoms with Gasteiger partial charge in [0.05, 0.1) is 6.54 Å². The van der Waals surface area contributed by atoms with Crippen molar-refractivity contribution in [2.24, 2.45) is 5.92 Å². The van der Waals surface area contributed by atoms with Crippen LogP contribution in [-0.2, 0) is 9.53 Å². The molecule has 0 radical (unpaired) electrons. The van der Waals surface area contributed by atoms with E-state index in [2.05, 4.69) is 31.4 Å². The quantitative estimate of drug-likeness (QED) is 0.735. The molecule has 2 N–H and O–H groups in total. The first-order valence-electron chi connectivity index (χ1n) is 6.07. The van der Waals surface area contributed by atoms with Crippen molar-refractivity contribution >= 4 is 5.91 Å². The topological polar surface area (TPSA) is 50.4 Å². The summed E-state index contributed by atoms with van der Waals surface area (Å²) < 4.78 is 5.28. The Kier molecular flexibility index (Phi) is 5.22. The Morgan fingerprint density at radius 2 is 2.19 bits per heavy atom. The van der Waals surface area contributed by atoms with Gasteiger partial charge in [0.1, 0.15) is 0 Å². The Bertz CT molecular complexity index is 218. The summed E-state index contributed by atoms with van der Waals surface area (Å²) in [5, 5.41) is 6.09. The highest BCUT2D eigenvalue weighted by Gasteiger charge is 2.15. The number of ether oxygens (including phenoxy) is 1. The molecule has 1 aliphatic rings. The van der Waals surface area contributed by atoms with Crippen molar-refractivity contribution in [2.45, 2.75) is 39.2 Å². The second-order valence-electron chi connectivity index (χ2n) is 5.47. The van der Waals surface area contributed by atoms with Crippen molar-refractivity contribution in [3.63, 3.8) is 0 Å². The molecular formula is C12H24N2O2. The second kappa shape index (κ2) is 6.21. The maximum absolute atomic E-state index is 11.5. The standard InChI is InChI=1S/C12H24N2O2/c1-12(2,3)14-8-11(15)13-6-4-10-5-7-16-9-10/h10,14H,4-9H2,1-3H3,(H,13,15). The van der Waals surface area contributed by atoms with Crippen LogP contribution in [0.2, 0.25) is 0 Å². The summed E-state index contributed by atoms with van der Waals surface area (Å²) in [5.74, 6) is 0.713. The predicted molar refractivity (Wildman–Crippen MR) is 64.3 cm³/mol. The summed E-state index contributed by atoms with van der Waals surface area (Å²) in [6.45, 7) is 9.05. The van der Waals surface area contributed by atoms with E-state index in [0.717, 1.165) is 32.6 Å². The van der Waals surface area contributed by atoms with Crippen LogP contribution >= 0.6 is 0 Å². The number of hydrogen-bond acceptors (Lipinski definition) is 3. The highest BCUT2D eigenvalue weighted by atomic mass is 16.5.